The fourth-order valence-corrected chi connectivity index (χ4v) is 1.83. The Labute approximate surface area is 107 Å². The van der Waals surface area contributed by atoms with Crippen molar-refractivity contribution in [1.29, 1.82) is 0 Å². The third-order valence-corrected chi connectivity index (χ3v) is 2.67. The number of pyridine rings is 1. The van der Waals surface area contributed by atoms with Crippen LogP contribution in [0.1, 0.15) is 37.1 Å². The van der Waals surface area contributed by atoms with E-state index in [0.717, 1.165) is 23.8 Å². The summed E-state index contributed by atoms with van der Waals surface area (Å²) in [6, 6.07) is 6.38. The van der Waals surface area contributed by atoms with Gasteiger partial charge < -0.3 is 5.32 Å². The molecular weight excluding hydrogens is 226 g/mol. The zero-order valence-corrected chi connectivity index (χ0v) is 11.1. The van der Waals surface area contributed by atoms with Crippen molar-refractivity contribution in [2.24, 2.45) is 0 Å². The summed E-state index contributed by atoms with van der Waals surface area (Å²) in [6.07, 6.45) is 1.60. The lowest BCUT2D eigenvalue weighted by molar-refractivity contribution is 0.489. The summed E-state index contributed by atoms with van der Waals surface area (Å²) in [7, 11) is 0. The number of aromatic nitrogens is 4. The van der Waals surface area contributed by atoms with Gasteiger partial charge in [0.05, 0.1) is 12.2 Å². The third kappa shape index (κ3) is 3.13. The van der Waals surface area contributed by atoms with Gasteiger partial charge in [-0.25, -0.2) is 9.67 Å². The van der Waals surface area contributed by atoms with E-state index >= 15 is 0 Å². The first kappa shape index (κ1) is 12.7. The Morgan fingerprint density at radius 1 is 1.28 bits per heavy atom. The molecule has 5 nitrogen and oxygen atoms in total. The second-order valence-electron chi connectivity index (χ2n) is 4.59. The van der Waals surface area contributed by atoms with Crippen molar-refractivity contribution in [3.8, 4) is 0 Å². The standard InChI is InChI=1S/C13H19N5/c1-10(2)18-13(15-9-16-18)8-14-7-12-6-4-5-11(3)17-12/h4-6,9-10,14H,7-8H2,1-3H3. The molecule has 0 saturated heterocycles. The van der Waals surface area contributed by atoms with Crippen LogP contribution in [0, 0.1) is 6.92 Å². The van der Waals surface area contributed by atoms with Gasteiger partial charge in [0.2, 0.25) is 0 Å². The number of aryl methyl sites for hydroxylation is 1. The number of nitrogens with zero attached hydrogens (tertiary/aromatic N) is 4. The number of rotatable bonds is 5. The van der Waals surface area contributed by atoms with E-state index in [1.54, 1.807) is 6.33 Å². The fourth-order valence-electron chi connectivity index (χ4n) is 1.83. The highest BCUT2D eigenvalue weighted by Gasteiger charge is 2.06. The molecule has 0 fully saturated rings. The maximum Gasteiger partial charge on any atom is 0.141 e. The maximum absolute atomic E-state index is 4.44. The predicted octanol–water partition coefficient (Wildman–Crippen LogP) is 1.85. The molecular formula is C13H19N5. The normalized spacial score (nSPS) is 11.1. The van der Waals surface area contributed by atoms with Crippen molar-refractivity contribution in [2.75, 3.05) is 0 Å². The van der Waals surface area contributed by atoms with Crippen LogP contribution in [0.4, 0.5) is 0 Å². The van der Waals surface area contributed by atoms with E-state index < -0.39 is 0 Å². The number of hydrogen-bond acceptors (Lipinski definition) is 4. The van der Waals surface area contributed by atoms with Crippen LogP contribution in [-0.2, 0) is 13.1 Å². The lowest BCUT2D eigenvalue weighted by atomic mass is 10.3. The first-order valence-corrected chi connectivity index (χ1v) is 6.18. The molecule has 0 amide bonds. The minimum atomic E-state index is 0.335. The molecule has 2 aromatic rings. The Balaban J connectivity index is 1.90. The summed E-state index contributed by atoms with van der Waals surface area (Å²) < 4.78 is 1.93. The zero-order chi connectivity index (χ0) is 13.0. The van der Waals surface area contributed by atoms with Gasteiger partial charge in [-0.05, 0) is 32.9 Å². The van der Waals surface area contributed by atoms with Gasteiger partial charge in [-0.1, -0.05) is 6.07 Å². The molecule has 2 aromatic heterocycles. The highest BCUT2D eigenvalue weighted by Crippen LogP contribution is 2.05. The molecule has 0 bridgehead atoms. The Bertz CT molecular complexity index is 504. The van der Waals surface area contributed by atoms with Crippen LogP contribution in [0.25, 0.3) is 0 Å². The molecule has 2 heterocycles. The monoisotopic (exact) mass is 245 g/mol. The van der Waals surface area contributed by atoms with Crippen LogP contribution in [0.3, 0.4) is 0 Å². The van der Waals surface area contributed by atoms with Gasteiger partial charge in [0.1, 0.15) is 12.2 Å². The second kappa shape index (κ2) is 5.73. The summed E-state index contributed by atoms with van der Waals surface area (Å²) in [4.78, 5) is 8.70. The molecule has 1 N–H and O–H groups in total. The van der Waals surface area contributed by atoms with Gasteiger partial charge in [0.25, 0.3) is 0 Å². The molecule has 0 aliphatic heterocycles. The minimum absolute atomic E-state index is 0.335. The van der Waals surface area contributed by atoms with Gasteiger partial charge in [-0.15, -0.1) is 0 Å². The Kier molecular flexibility index (Phi) is 4.04. The van der Waals surface area contributed by atoms with Crippen LogP contribution in [0.5, 0.6) is 0 Å². The lowest BCUT2D eigenvalue weighted by Gasteiger charge is -2.10. The molecule has 0 radical (unpaired) electrons. The predicted molar refractivity (Wildman–Crippen MR) is 69.9 cm³/mol. The summed E-state index contributed by atoms with van der Waals surface area (Å²) in [5, 5.41) is 7.55. The van der Waals surface area contributed by atoms with Gasteiger partial charge in [0, 0.05) is 18.3 Å². The zero-order valence-electron chi connectivity index (χ0n) is 11.1. The van der Waals surface area contributed by atoms with E-state index in [4.69, 9.17) is 0 Å². The average Bonchev–Trinajstić information content (AvgIpc) is 2.77. The SMILES string of the molecule is Cc1cccc(CNCc2ncnn2C(C)C)n1. The minimum Gasteiger partial charge on any atom is -0.304 e. The molecule has 18 heavy (non-hydrogen) atoms. The summed E-state index contributed by atoms with van der Waals surface area (Å²) in [5.41, 5.74) is 2.09. The van der Waals surface area contributed by atoms with Gasteiger partial charge in [-0.3, -0.25) is 4.98 Å². The van der Waals surface area contributed by atoms with E-state index in [0.29, 0.717) is 12.6 Å². The Hall–Kier alpha value is -1.75. The van der Waals surface area contributed by atoms with Crippen molar-refractivity contribution in [3.05, 3.63) is 41.7 Å². The van der Waals surface area contributed by atoms with E-state index in [9.17, 15) is 0 Å². The van der Waals surface area contributed by atoms with Crippen molar-refractivity contribution >= 4 is 0 Å². The maximum atomic E-state index is 4.44. The van der Waals surface area contributed by atoms with Gasteiger partial charge >= 0.3 is 0 Å². The van der Waals surface area contributed by atoms with E-state index in [1.165, 1.54) is 0 Å². The molecule has 0 unspecified atom stereocenters. The molecule has 0 atom stereocenters. The first-order valence-electron chi connectivity index (χ1n) is 6.18. The molecule has 0 aromatic carbocycles. The molecule has 0 aliphatic rings. The molecule has 2 rings (SSSR count). The topological polar surface area (TPSA) is 55.6 Å². The molecule has 0 saturated carbocycles. The van der Waals surface area contributed by atoms with E-state index in [-0.39, 0.29) is 0 Å². The first-order chi connectivity index (χ1) is 8.66. The average molecular weight is 245 g/mol. The quantitative estimate of drug-likeness (QED) is 0.873. The van der Waals surface area contributed by atoms with Gasteiger partial charge in [0.15, 0.2) is 0 Å². The fraction of sp³-hybridized carbons (Fsp3) is 0.462. The molecule has 0 spiro atoms. The Morgan fingerprint density at radius 2 is 2.11 bits per heavy atom. The van der Waals surface area contributed by atoms with Crippen molar-refractivity contribution < 1.29 is 0 Å². The summed E-state index contributed by atoms with van der Waals surface area (Å²) in [6.45, 7) is 7.64. The van der Waals surface area contributed by atoms with Crippen LogP contribution >= 0.6 is 0 Å². The highest BCUT2D eigenvalue weighted by molar-refractivity contribution is 5.09. The highest BCUT2D eigenvalue weighted by atomic mass is 15.3. The number of hydrogen-bond donors (Lipinski definition) is 1. The smallest absolute Gasteiger partial charge is 0.141 e. The van der Waals surface area contributed by atoms with Crippen LogP contribution in [0.15, 0.2) is 24.5 Å². The van der Waals surface area contributed by atoms with Crippen molar-refractivity contribution in [3.63, 3.8) is 0 Å². The van der Waals surface area contributed by atoms with Gasteiger partial charge in [-0.2, -0.15) is 5.10 Å². The van der Waals surface area contributed by atoms with Crippen LogP contribution < -0.4 is 5.32 Å². The third-order valence-electron chi connectivity index (χ3n) is 2.67. The molecule has 96 valence electrons. The number of nitrogens with one attached hydrogen (secondary N) is 1. The lowest BCUT2D eigenvalue weighted by Crippen LogP contribution is -2.18. The second-order valence-corrected chi connectivity index (χ2v) is 4.59. The largest absolute Gasteiger partial charge is 0.304 e. The van der Waals surface area contributed by atoms with E-state index in [2.05, 4.69) is 34.2 Å². The van der Waals surface area contributed by atoms with Crippen LogP contribution in [0.2, 0.25) is 0 Å². The summed E-state index contributed by atoms with van der Waals surface area (Å²) in [5.74, 6) is 0.956. The van der Waals surface area contributed by atoms with Crippen LogP contribution in [-0.4, -0.2) is 19.7 Å². The van der Waals surface area contributed by atoms with Crippen molar-refractivity contribution in [2.45, 2.75) is 39.9 Å². The summed E-state index contributed by atoms with van der Waals surface area (Å²) >= 11 is 0. The Morgan fingerprint density at radius 3 is 2.83 bits per heavy atom. The molecule has 5 heteroatoms. The van der Waals surface area contributed by atoms with E-state index in [1.807, 2.05) is 29.8 Å². The van der Waals surface area contributed by atoms with Crippen molar-refractivity contribution in [1.82, 2.24) is 25.1 Å². The molecule has 0 aliphatic carbocycles.